The molecular weight excluding hydrogens is 713 g/mol. The molecule has 5 amide bonds. The number of alkyl carbamates (subject to hydrolysis) is 1. The van der Waals surface area contributed by atoms with E-state index in [-0.39, 0.29) is 32.5 Å². The second-order valence-electron chi connectivity index (χ2n) is 15.3. The van der Waals surface area contributed by atoms with Crippen LogP contribution in [0, 0.1) is 11.7 Å². The third-order valence-electron chi connectivity index (χ3n) is 9.39. The quantitative estimate of drug-likeness (QED) is 0.211. The van der Waals surface area contributed by atoms with E-state index in [0.29, 0.717) is 29.5 Å². The third kappa shape index (κ3) is 9.23. The zero-order valence-corrected chi connectivity index (χ0v) is 31.2. The first-order valence-electron chi connectivity index (χ1n) is 17.4. The Kier molecular flexibility index (Phi) is 11.1. The maximum Gasteiger partial charge on any atom is 0.410 e. The molecule has 5 rings (SSSR count). The molecule has 0 radical (unpaired) electrons. The second kappa shape index (κ2) is 14.9. The Bertz CT molecular complexity index is 1850. The van der Waals surface area contributed by atoms with E-state index in [4.69, 9.17) is 9.47 Å². The minimum absolute atomic E-state index is 0.0411. The molecule has 17 heteroatoms. The summed E-state index contributed by atoms with van der Waals surface area (Å²) >= 11 is 0. The number of sulfonamides is 1. The minimum atomic E-state index is -3.97. The molecule has 1 unspecified atom stereocenters. The Labute approximate surface area is 307 Å². The number of halogens is 1. The number of carbonyl (C=O) groups excluding carboxylic acids is 6. The summed E-state index contributed by atoms with van der Waals surface area (Å²) in [6.45, 7) is 11.6. The molecule has 0 aromatic heterocycles. The van der Waals surface area contributed by atoms with Crippen LogP contribution < -0.4 is 15.4 Å². The monoisotopic (exact) mass is 759 g/mol. The number of carbonyl (C=O) groups is 6. The molecule has 2 heterocycles. The van der Waals surface area contributed by atoms with Crippen molar-refractivity contribution in [3.05, 3.63) is 59.4 Å². The number of amides is 5. The molecule has 4 aliphatic rings. The van der Waals surface area contributed by atoms with E-state index in [9.17, 15) is 41.6 Å². The van der Waals surface area contributed by atoms with Crippen LogP contribution in [0.25, 0.3) is 0 Å². The van der Waals surface area contributed by atoms with Crippen LogP contribution in [0.5, 0.6) is 0 Å². The summed E-state index contributed by atoms with van der Waals surface area (Å²) in [6, 6.07) is 1.59. The lowest BCUT2D eigenvalue weighted by atomic mass is 10.1. The Morgan fingerprint density at radius 1 is 1.11 bits per heavy atom. The highest BCUT2D eigenvalue weighted by Crippen LogP contribution is 2.45. The van der Waals surface area contributed by atoms with E-state index in [1.54, 1.807) is 40.7 Å². The number of rotatable bonds is 12. The van der Waals surface area contributed by atoms with Crippen molar-refractivity contribution in [2.45, 2.75) is 114 Å². The molecule has 3 N–H and O–H groups in total. The number of allylic oxidation sites excluding steroid dienone is 2. The molecule has 0 bridgehead atoms. The maximum absolute atomic E-state index is 14.4. The van der Waals surface area contributed by atoms with Crippen molar-refractivity contribution in [2.24, 2.45) is 5.92 Å². The van der Waals surface area contributed by atoms with Gasteiger partial charge in [0.05, 0.1) is 18.3 Å². The van der Waals surface area contributed by atoms with Gasteiger partial charge in [-0.1, -0.05) is 23.8 Å². The first-order valence-corrected chi connectivity index (χ1v) is 19.0. The summed E-state index contributed by atoms with van der Waals surface area (Å²) in [7, 11) is -3.97. The molecule has 2 aliphatic carbocycles. The normalized spacial score (nSPS) is 23.9. The molecule has 3 fully saturated rings. The first kappa shape index (κ1) is 39.4. The average Bonchev–Trinajstić information content (AvgIpc) is 3.93. The van der Waals surface area contributed by atoms with Crippen molar-refractivity contribution in [3.8, 4) is 0 Å². The van der Waals surface area contributed by atoms with Crippen LogP contribution in [0.2, 0.25) is 0 Å². The zero-order valence-electron chi connectivity index (χ0n) is 30.4. The van der Waals surface area contributed by atoms with Gasteiger partial charge in [-0.3, -0.25) is 28.8 Å². The van der Waals surface area contributed by atoms with E-state index >= 15 is 0 Å². The number of nitrogens with one attached hydrogen (secondary N) is 3. The number of fused-ring (bicyclic) bond motifs is 1. The van der Waals surface area contributed by atoms with Crippen LogP contribution in [0.3, 0.4) is 0 Å². The van der Waals surface area contributed by atoms with E-state index in [1.807, 2.05) is 0 Å². The highest BCUT2D eigenvalue weighted by molar-refractivity contribution is 7.91. The topological polar surface area (TPSA) is 198 Å². The number of nitrogens with zero attached hydrogens (tertiary/aromatic N) is 2. The van der Waals surface area contributed by atoms with Crippen LogP contribution in [-0.4, -0.2) is 95.0 Å². The van der Waals surface area contributed by atoms with Gasteiger partial charge in [-0.05, 0) is 71.6 Å². The molecule has 53 heavy (non-hydrogen) atoms. The number of benzene rings is 1. The van der Waals surface area contributed by atoms with Crippen LogP contribution in [0.1, 0.15) is 77.8 Å². The molecule has 1 aromatic carbocycles. The lowest BCUT2D eigenvalue weighted by molar-refractivity contribution is -0.141. The van der Waals surface area contributed by atoms with Crippen molar-refractivity contribution < 1.29 is 51.0 Å². The molecule has 288 valence electrons. The van der Waals surface area contributed by atoms with Gasteiger partial charge in [0.1, 0.15) is 35.1 Å². The summed E-state index contributed by atoms with van der Waals surface area (Å²) in [5, 5.41) is 4.37. The van der Waals surface area contributed by atoms with Gasteiger partial charge in [-0.15, -0.1) is 6.58 Å². The first-order chi connectivity index (χ1) is 24.7. The lowest BCUT2D eigenvalue weighted by Gasteiger charge is -2.30. The Morgan fingerprint density at radius 2 is 1.81 bits per heavy atom. The highest BCUT2D eigenvalue weighted by Gasteiger charge is 2.62. The lowest BCUT2D eigenvalue weighted by Crippen LogP contribution is -2.58. The van der Waals surface area contributed by atoms with Gasteiger partial charge in [0.25, 0.3) is 5.91 Å². The molecule has 5 atom stereocenters. The standard InChI is InChI=1S/C36H46FN5O10S/c1-7-22-16-36(22,32(46)40-53(49,50)25-11-12-25)39-30(44)29-15-24(51-34(48)41-17-21-9-8-10-27(37)26(21)19-41)18-42(29)31(45)28(14-23(43)13-20(2)3)38-33(47)52-35(4,5)6/h7-10,13,22,24-25,28-29H,1,11-12,14-19H2,2-6H3,(H,38,47)(H,39,44)(H,40,46)/t22-,24-,28+,29?,36-/m1/s1. The van der Waals surface area contributed by atoms with Crippen LogP contribution >= 0.6 is 0 Å². The van der Waals surface area contributed by atoms with Gasteiger partial charge in [0, 0.05) is 30.9 Å². The maximum atomic E-state index is 14.4. The summed E-state index contributed by atoms with van der Waals surface area (Å²) in [5.74, 6) is -4.27. The predicted molar refractivity (Wildman–Crippen MR) is 188 cm³/mol. The number of likely N-dealkylation sites (tertiary alicyclic amines) is 1. The number of hydrogen-bond acceptors (Lipinski definition) is 10. The Hall–Kier alpha value is -4.80. The van der Waals surface area contributed by atoms with Crippen LogP contribution in [0.4, 0.5) is 14.0 Å². The summed E-state index contributed by atoms with van der Waals surface area (Å²) in [5.41, 5.74) is -1.04. The van der Waals surface area contributed by atoms with Crippen molar-refractivity contribution >= 4 is 45.7 Å². The van der Waals surface area contributed by atoms with Gasteiger partial charge in [0.2, 0.25) is 21.8 Å². The third-order valence-corrected chi connectivity index (χ3v) is 11.2. The fourth-order valence-electron chi connectivity index (χ4n) is 6.55. The Morgan fingerprint density at radius 3 is 2.40 bits per heavy atom. The number of hydrogen-bond donors (Lipinski definition) is 3. The molecule has 2 saturated carbocycles. The van der Waals surface area contributed by atoms with E-state index in [0.717, 1.165) is 4.90 Å². The van der Waals surface area contributed by atoms with Gasteiger partial charge in [-0.2, -0.15) is 0 Å². The minimum Gasteiger partial charge on any atom is -0.444 e. The van der Waals surface area contributed by atoms with Crippen LogP contribution in [-0.2, 0) is 51.8 Å². The van der Waals surface area contributed by atoms with E-state index in [2.05, 4.69) is 21.9 Å². The van der Waals surface area contributed by atoms with Crippen molar-refractivity contribution in [1.82, 2.24) is 25.2 Å². The summed E-state index contributed by atoms with van der Waals surface area (Å²) in [4.78, 5) is 83.3. The molecule has 15 nitrogen and oxygen atoms in total. The fourth-order valence-corrected chi connectivity index (χ4v) is 7.92. The van der Waals surface area contributed by atoms with E-state index in [1.165, 1.54) is 29.2 Å². The second-order valence-corrected chi connectivity index (χ2v) is 17.2. The fraction of sp³-hybridized carbons (Fsp3) is 0.556. The SMILES string of the molecule is C=C[C@@H]1C[C@]1(NC(=O)C1C[C@@H](OC(=O)N2Cc3cccc(F)c3C2)CN1C(=O)[C@H](CC(=O)C=C(C)C)NC(=O)OC(C)(C)C)C(=O)NS(=O)(=O)C1CC1. The van der Waals surface area contributed by atoms with Gasteiger partial charge in [-0.25, -0.2) is 22.4 Å². The van der Waals surface area contributed by atoms with Crippen molar-refractivity contribution in [2.75, 3.05) is 6.54 Å². The highest BCUT2D eigenvalue weighted by atomic mass is 32.2. The number of ketones is 1. The average molecular weight is 760 g/mol. The van der Waals surface area contributed by atoms with Gasteiger partial charge >= 0.3 is 12.2 Å². The summed E-state index contributed by atoms with van der Waals surface area (Å²) in [6.07, 6.45) is -0.0962. The molecule has 0 spiro atoms. The molecular formula is C36H46FN5O10S. The molecule has 1 aromatic rings. The smallest absolute Gasteiger partial charge is 0.410 e. The van der Waals surface area contributed by atoms with E-state index < -0.39 is 98.4 Å². The van der Waals surface area contributed by atoms with Crippen molar-refractivity contribution in [1.29, 1.82) is 0 Å². The van der Waals surface area contributed by atoms with Gasteiger partial charge in [0.15, 0.2) is 5.78 Å². The predicted octanol–water partition coefficient (Wildman–Crippen LogP) is 2.74. The van der Waals surface area contributed by atoms with Crippen molar-refractivity contribution in [3.63, 3.8) is 0 Å². The van der Waals surface area contributed by atoms with Gasteiger partial charge < -0.3 is 25.0 Å². The zero-order chi connectivity index (χ0) is 39.0. The largest absolute Gasteiger partial charge is 0.444 e. The molecule has 1 saturated heterocycles. The van der Waals surface area contributed by atoms with Crippen LogP contribution in [0.15, 0.2) is 42.5 Å². The molecule has 2 aliphatic heterocycles. The Balaban J connectivity index is 1.40. The summed E-state index contributed by atoms with van der Waals surface area (Å²) < 4.78 is 52.8. The number of ether oxygens (including phenoxy) is 2.